The van der Waals surface area contributed by atoms with Gasteiger partial charge in [-0.15, -0.1) is 0 Å². The van der Waals surface area contributed by atoms with E-state index in [4.69, 9.17) is 5.26 Å². The molecule has 5 nitrogen and oxygen atoms in total. The first-order valence-electron chi connectivity index (χ1n) is 5.35. The lowest BCUT2D eigenvalue weighted by Crippen LogP contribution is -2.16. The molecule has 2 rings (SSSR count). The van der Waals surface area contributed by atoms with Crippen molar-refractivity contribution in [3.63, 3.8) is 0 Å². The molecule has 0 aromatic carbocycles. The Labute approximate surface area is 98.7 Å². The average molecular weight is 230 g/mol. The molecule has 0 saturated heterocycles. The molecule has 0 aliphatic heterocycles. The largest absolute Gasteiger partial charge is 0.345 e. The third kappa shape index (κ3) is 1.62. The number of aryl methyl sites for hydroxylation is 1. The normalized spacial score (nSPS) is 11.7. The minimum Gasteiger partial charge on any atom is -0.345 e. The van der Waals surface area contributed by atoms with Gasteiger partial charge in [-0.05, 0) is 0 Å². The van der Waals surface area contributed by atoms with Crippen LogP contribution in [0.15, 0.2) is 11.0 Å². The number of hydrogen-bond donors (Lipinski definition) is 1. The van der Waals surface area contributed by atoms with Gasteiger partial charge in [-0.1, -0.05) is 20.8 Å². The first kappa shape index (κ1) is 11.4. The molecule has 0 amide bonds. The molecule has 2 heterocycles. The number of nitrogens with zero attached hydrogens (tertiary/aromatic N) is 3. The monoisotopic (exact) mass is 230 g/mol. The third-order valence-electron chi connectivity index (χ3n) is 2.70. The number of nitrogens with one attached hydrogen (secondary N) is 1. The molecule has 0 spiro atoms. The van der Waals surface area contributed by atoms with E-state index in [1.54, 1.807) is 11.7 Å². The number of hydrogen-bond acceptors (Lipinski definition) is 3. The zero-order chi connectivity index (χ0) is 12.8. The Morgan fingerprint density at radius 1 is 1.47 bits per heavy atom. The van der Waals surface area contributed by atoms with Gasteiger partial charge >= 0.3 is 0 Å². The fourth-order valence-corrected chi connectivity index (χ4v) is 1.85. The van der Waals surface area contributed by atoms with Gasteiger partial charge in [0.05, 0.1) is 11.1 Å². The molecule has 2 aromatic heterocycles. The average Bonchev–Trinajstić information content (AvgIpc) is 2.57. The maximum atomic E-state index is 12.1. The molecule has 1 N–H and O–H groups in total. The van der Waals surface area contributed by atoms with E-state index in [1.807, 2.05) is 26.8 Å². The van der Waals surface area contributed by atoms with Crippen molar-refractivity contribution >= 4 is 11.0 Å². The van der Waals surface area contributed by atoms with Crippen LogP contribution >= 0.6 is 0 Å². The Hall–Kier alpha value is -2.09. The van der Waals surface area contributed by atoms with E-state index in [9.17, 15) is 4.79 Å². The molecule has 0 aliphatic rings. The van der Waals surface area contributed by atoms with E-state index in [2.05, 4.69) is 10.1 Å². The molecule has 0 fully saturated rings. The van der Waals surface area contributed by atoms with Gasteiger partial charge in [-0.2, -0.15) is 10.4 Å². The number of rotatable bonds is 0. The predicted octanol–water partition coefficient (Wildman–Crippen LogP) is 1.43. The van der Waals surface area contributed by atoms with E-state index in [0.29, 0.717) is 16.7 Å². The van der Waals surface area contributed by atoms with E-state index in [0.717, 1.165) is 0 Å². The topological polar surface area (TPSA) is 74.5 Å². The maximum Gasteiger partial charge on any atom is 0.210 e. The molecular formula is C12H14N4O. The Kier molecular flexibility index (Phi) is 2.32. The molecule has 17 heavy (non-hydrogen) atoms. The molecule has 2 aromatic rings. The van der Waals surface area contributed by atoms with Crippen LogP contribution in [0.2, 0.25) is 0 Å². The molecule has 0 bridgehead atoms. The number of fused-ring (bicyclic) bond motifs is 1. The van der Waals surface area contributed by atoms with Crippen molar-refractivity contribution in [3.8, 4) is 6.07 Å². The van der Waals surface area contributed by atoms with Gasteiger partial charge in [0.15, 0.2) is 0 Å². The summed E-state index contributed by atoms with van der Waals surface area (Å²) in [5, 5.41) is 13.8. The van der Waals surface area contributed by atoms with Gasteiger partial charge < -0.3 is 4.98 Å². The number of aromatic amines is 1. The summed E-state index contributed by atoms with van der Waals surface area (Å²) in [4.78, 5) is 15.1. The molecule has 0 aliphatic carbocycles. The second-order valence-corrected chi connectivity index (χ2v) is 5.09. The fourth-order valence-electron chi connectivity index (χ4n) is 1.85. The minimum absolute atomic E-state index is 0.121. The highest BCUT2D eigenvalue weighted by atomic mass is 16.1. The first-order valence-corrected chi connectivity index (χ1v) is 5.35. The van der Waals surface area contributed by atoms with Crippen LogP contribution in [-0.4, -0.2) is 14.8 Å². The molecule has 0 unspecified atom stereocenters. The van der Waals surface area contributed by atoms with Gasteiger partial charge in [-0.3, -0.25) is 9.48 Å². The van der Waals surface area contributed by atoms with Crippen molar-refractivity contribution in [2.45, 2.75) is 26.2 Å². The van der Waals surface area contributed by atoms with E-state index < -0.39 is 0 Å². The van der Waals surface area contributed by atoms with Crippen molar-refractivity contribution < 1.29 is 0 Å². The minimum atomic E-state index is -0.251. The van der Waals surface area contributed by atoms with Crippen molar-refractivity contribution in [2.24, 2.45) is 7.05 Å². The highest BCUT2D eigenvalue weighted by molar-refractivity contribution is 5.80. The van der Waals surface area contributed by atoms with Crippen molar-refractivity contribution in [1.82, 2.24) is 14.8 Å². The summed E-state index contributed by atoms with van der Waals surface area (Å²) in [6.07, 6.45) is 1.43. The van der Waals surface area contributed by atoms with Crippen molar-refractivity contribution in [3.05, 3.63) is 27.7 Å². The molecule has 5 heteroatoms. The summed E-state index contributed by atoms with van der Waals surface area (Å²) >= 11 is 0. The van der Waals surface area contributed by atoms with Crippen LogP contribution in [-0.2, 0) is 12.5 Å². The Bertz CT molecular complexity index is 679. The number of nitriles is 1. The van der Waals surface area contributed by atoms with Gasteiger partial charge in [-0.25, -0.2) is 0 Å². The molecule has 0 atom stereocenters. The Morgan fingerprint density at radius 3 is 2.65 bits per heavy atom. The summed E-state index contributed by atoms with van der Waals surface area (Å²) in [5.41, 5.74) is 1.00. The van der Waals surface area contributed by atoms with Crippen molar-refractivity contribution in [2.75, 3.05) is 0 Å². The summed E-state index contributed by atoms with van der Waals surface area (Å²) in [7, 11) is 1.78. The van der Waals surface area contributed by atoms with Crippen LogP contribution in [0, 0.1) is 11.3 Å². The zero-order valence-corrected chi connectivity index (χ0v) is 10.3. The van der Waals surface area contributed by atoms with Crippen LogP contribution < -0.4 is 5.43 Å². The quantitative estimate of drug-likeness (QED) is 0.744. The zero-order valence-electron chi connectivity index (χ0n) is 10.3. The fraction of sp³-hybridized carbons (Fsp3) is 0.417. The third-order valence-corrected chi connectivity index (χ3v) is 2.70. The first-order chi connectivity index (χ1) is 7.86. The smallest absolute Gasteiger partial charge is 0.210 e. The number of H-pyrrole nitrogens is 1. The highest BCUT2D eigenvalue weighted by Gasteiger charge is 2.24. The van der Waals surface area contributed by atoms with Gasteiger partial charge in [0.2, 0.25) is 5.43 Å². The standard InChI is InChI=1S/C12H14N4O/c1-12(2,3)10-8-9(17)7(5-13)6-14-11(8)16(4)15-10/h6H,1-4H3,(H,14,17). The van der Waals surface area contributed by atoms with Gasteiger partial charge in [0, 0.05) is 18.7 Å². The van der Waals surface area contributed by atoms with Crippen molar-refractivity contribution in [1.29, 1.82) is 5.26 Å². The van der Waals surface area contributed by atoms with Crippen LogP contribution in [0.1, 0.15) is 32.0 Å². The van der Waals surface area contributed by atoms with Crippen LogP contribution in [0.25, 0.3) is 11.0 Å². The molecule has 0 saturated carbocycles. The molecule has 0 radical (unpaired) electrons. The summed E-state index contributed by atoms with van der Waals surface area (Å²) in [5.74, 6) is 0. The lowest BCUT2D eigenvalue weighted by molar-refractivity contribution is 0.557. The number of pyridine rings is 1. The van der Waals surface area contributed by atoms with Gasteiger partial charge in [0.25, 0.3) is 0 Å². The van der Waals surface area contributed by atoms with Crippen LogP contribution in [0.5, 0.6) is 0 Å². The van der Waals surface area contributed by atoms with Gasteiger partial charge in [0.1, 0.15) is 17.3 Å². The Balaban J connectivity index is 2.99. The Morgan fingerprint density at radius 2 is 2.12 bits per heavy atom. The molecule has 88 valence electrons. The molecular weight excluding hydrogens is 216 g/mol. The second kappa shape index (κ2) is 3.45. The lowest BCUT2D eigenvalue weighted by Gasteiger charge is -2.14. The summed E-state index contributed by atoms with van der Waals surface area (Å²) in [6.45, 7) is 5.98. The van der Waals surface area contributed by atoms with Crippen LogP contribution in [0.4, 0.5) is 0 Å². The maximum absolute atomic E-state index is 12.1. The van der Waals surface area contributed by atoms with Crippen LogP contribution in [0.3, 0.4) is 0 Å². The highest BCUT2D eigenvalue weighted by Crippen LogP contribution is 2.25. The second-order valence-electron chi connectivity index (χ2n) is 5.09. The van der Waals surface area contributed by atoms with E-state index in [-0.39, 0.29) is 16.4 Å². The predicted molar refractivity (Wildman–Crippen MR) is 64.7 cm³/mol. The SMILES string of the molecule is Cn1nc(C(C)(C)C)c2c(=O)c(C#N)c[nH]c21. The summed E-state index contributed by atoms with van der Waals surface area (Å²) < 4.78 is 1.64. The summed E-state index contributed by atoms with van der Waals surface area (Å²) in [6, 6.07) is 1.89. The number of aromatic nitrogens is 3. The van der Waals surface area contributed by atoms with E-state index >= 15 is 0 Å². The van der Waals surface area contributed by atoms with E-state index in [1.165, 1.54) is 6.20 Å². The lowest BCUT2D eigenvalue weighted by atomic mass is 9.90.